The molecule has 0 saturated carbocycles. The van der Waals surface area contributed by atoms with E-state index >= 15 is 0 Å². The van der Waals surface area contributed by atoms with E-state index < -0.39 is 0 Å². The van der Waals surface area contributed by atoms with Crippen molar-refractivity contribution in [1.82, 2.24) is 15.0 Å². The van der Waals surface area contributed by atoms with Crippen LogP contribution >= 0.6 is 0 Å². The highest BCUT2D eigenvalue weighted by Crippen LogP contribution is 2.08. The molecular formula is C11H10N4O2. The van der Waals surface area contributed by atoms with Crippen LogP contribution in [0.4, 0.5) is 5.69 Å². The lowest BCUT2D eigenvalue weighted by Gasteiger charge is -2.04. The molecule has 1 N–H and O–H groups in total. The van der Waals surface area contributed by atoms with Gasteiger partial charge >= 0.3 is 6.01 Å². The van der Waals surface area contributed by atoms with Gasteiger partial charge in [-0.15, -0.1) is 0 Å². The fourth-order valence-electron chi connectivity index (χ4n) is 1.19. The quantitative estimate of drug-likeness (QED) is 0.855. The van der Waals surface area contributed by atoms with E-state index in [4.69, 9.17) is 4.74 Å². The van der Waals surface area contributed by atoms with E-state index in [1.54, 1.807) is 24.5 Å². The van der Waals surface area contributed by atoms with Crippen molar-refractivity contribution in [2.24, 2.45) is 0 Å². The summed E-state index contributed by atoms with van der Waals surface area (Å²) in [6.07, 6.45) is 6.06. The highest BCUT2D eigenvalue weighted by Gasteiger charge is 2.05. The predicted molar refractivity (Wildman–Crippen MR) is 60.8 cm³/mol. The first-order chi connectivity index (χ1) is 8.29. The molecule has 86 valence electrons. The maximum atomic E-state index is 11.7. The second kappa shape index (κ2) is 5.02. The Labute approximate surface area is 97.7 Å². The number of anilines is 1. The summed E-state index contributed by atoms with van der Waals surface area (Å²) in [5, 5.41) is 2.66. The number of nitrogens with one attached hydrogen (secondary N) is 1. The Morgan fingerprint density at radius 2 is 1.88 bits per heavy atom. The molecule has 1 amide bonds. The lowest BCUT2D eigenvalue weighted by molar-refractivity contribution is 0.102. The number of aromatic nitrogens is 3. The summed E-state index contributed by atoms with van der Waals surface area (Å²) in [4.78, 5) is 23.3. The summed E-state index contributed by atoms with van der Waals surface area (Å²) in [6.45, 7) is 0. The van der Waals surface area contributed by atoms with Crippen molar-refractivity contribution in [2.45, 2.75) is 0 Å². The van der Waals surface area contributed by atoms with Crippen LogP contribution in [0.15, 0.2) is 36.9 Å². The molecule has 6 nitrogen and oxygen atoms in total. The molecule has 2 heterocycles. The Bertz CT molecular complexity index is 499. The molecule has 6 heteroatoms. The van der Waals surface area contributed by atoms with Crippen LogP contribution in [0.25, 0.3) is 0 Å². The summed E-state index contributed by atoms with van der Waals surface area (Å²) >= 11 is 0. The third-order valence-corrected chi connectivity index (χ3v) is 2.01. The van der Waals surface area contributed by atoms with Crippen molar-refractivity contribution in [1.29, 1.82) is 0 Å². The average molecular weight is 230 g/mol. The first-order valence-corrected chi connectivity index (χ1v) is 4.87. The van der Waals surface area contributed by atoms with Crippen molar-refractivity contribution < 1.29 is 9.53 Å². The van der Waals surface area contributed by atoms with E-state index in [1.807, 2.05) is 0 Å². The average Bonchev–Trinajstić information content (AvgIpc) is 2.40. The zero-order chi connectivity index (χ0) is 12.1. The Hall–Kier alpha value is -2.50. The summed E-state index contributed by atoms with van der Waals surface area (Å²) in [5.74, 6) is -0.235. The monoisotopic (exact) mass is 230 g/mol. The molecule has 0 bridgehead atoms. The van der Waals surface area contributed by atoms with Gasteiger partial charge in [0, 0.05) is 18.0 Å². The minimum atomic E-state index is -0.235. The van der Waals surface area contributed by atoms with Gasteiger partial charge in [-0.25, -0.2) is 9.97 Å². The standard InChI is InChI=1S/C11H10N4O2/c1-17-11-13-6-9(7-14-11)15-10(16)8-2-4-12-5-3-8/h2-7H,1H3,(H,15,16). The van der Waals surface area contributed by atoms with Crippen LogP contribution in [0.3, 0.4) is 0 Å². The van der Waals surface area contributed by atoms with E-state index in [2.05, 4.69) is 20.3 Å². The number of pyridine rings is 1. The summed E-state index contributed by atoms with van der Waals surface area (Å²) in [5.41, 5.74) is 1.03. The van der Waals surface area contributed by atoms with Gasteiger partial charge in [0.15, 0.2) is 0 Å². The second-order valence-corrected chi connectivity index (χ2v) is 3.15. The summed E-state index contributed by atoms with van der Waals surface area (Å²) in [6, 6.07) is 3.51. The van der Waals surface area contributed by atoms with Gasteiger partial charge in [0.2, 0.25) is 0 Å². The van der Waals surface area contributed by atoms with Crippen LogP contribution in [0.2, 0.25) is 0 Å². The molecule has 0 saturated heterocycles. The molecule has 0 fully saturated rings. The lowest BCUT2D eigenvalue weighted by atomic mass is 10.2. The van der Waals surface area contributed by atoms with Crippen molar-refractivity contribution in [3.8, 4) is 6.01 Å². The van der Waals surface area contributed by atoms with Gasteiger partial charge in [0.25, 0.3) is 5.91 Å². The minimum Gasteiger partial charge on any atom is -0.467 e. The molecule has 2 aromatic heterocycles. The van der Waals surface area contributed by atoms with E-state index in [1.165, 1.54) is 19.5 Å². The predicted octanol–water partition coefficient (Wildman–Crippen LogP) is 1.13. The van der Waals surface area contributed by atoms with Crippen LogP contribution in [-0.2, 0) is 0 Å². The lowest BCUT2D eigenvalue weighted by Crippen LogP contribution is -2.12. The number of ether oxygens (including phenoxy) is 1. The van der Waals surface area contributed by atoms with Crippen molar-refractivity contribution in [2.75, 3.05) is 12.4 Å². The number of hydrogen-bond acceptors (Lipinski definition) is 5. The Morgan fingerprint density at radius 3 is 2.47 bits per heavy atom. The van der Waals surface area contributed by atoms with Crippen molar-refractivity contribution in [3.05, 3.63) is 42.5 Å². The van der Waals surface area contributed by atoms with E-state index in [-0.39, 0.29) is 11.9 Å². The van der Waals surface area contributed by atoms with Gasteiger partial charge in [0.1, 0.15) is 0 Å². The fraction of sp³-hybridized carbons (Fsp3) is 0.0909. The first kappa shape index (κ1) is 11.0. The number of nitrogens with zero attached hydrogens (tertiary/aromatic N) is 3. The number of rotatable bonds is 3. The number of carbonyl (C=O) groups excluding carboxylic acids is 1. The fourth-order valence-corrected chi connectivity index (χ4v) is 1.19. The van der Waals surface area contributed by atoms with E-state index in [0.717, 1.165) is 0 Å². The summed E-state index contributed by atoms with van der Waals surface area (Å²) in [7, 11) is 1.48. The second-order valence-electron chi connectivity index (χ2n) is 3.15. The van der Waals surface area contributed by atoms with Crippen LogP contribution in [0.5, 0.6) is 6.01 Å². The van der Waals surface area contributed by atoms with Crippen LogP contribution in [0, 0.1) is 0 Å². The van der Waals surface area contributed by atoms with Gasteiger partial charge < -0.3 is 10.1 Å². The molecule has 0 aromatic carbocycles. The Kier molecular flexibility index (Phi) is 3.25. The van der Waals surface area contributed by atoms with Crippen LogP contribution in [0.1, 0.15) is 10.4 Å². The van der Waals surface area contributed by atoms with Gasteiger partial charge in [-0.2, -0.15) is 0 Å². The molecule has 0 aliphatic heterocycles. The number of hydrogen-bond donors (Lipinski definition) is 1. The van der Waals surface area contributed by atoms with Gasteiger partial charge in [-0.3, -0.25) is 9.78 Å². The smallest absolute Gasteiger partial charge is 0.316 e. The number of methoxy groups -OCH3 is 1. The first-order valence-electron chi connectivity index (χ1n) is 4.87. The van der Waals surface area contributed by atoms with E-state index in [9.17, 15) is 4.79 Å². The van der Waals surface area contributed by atoms with Gasteiger partial charge in [-0.05, 0) is 12.1 Å². The molecule has 0 atom stereocenters. The summed E-state index contributed by atoms with van der Waals surface area (Å²) < 4.78 is 4.82. The molecule has 17 heavy (non-hydrogen) atoms. The van der Waals surface area contributed by atoms with Crippen LogP contribution in [-0.4, -0.2) is 28.0 Å². The van der Waals surface area contributed by atoms with Crippen molar-refractivity contribution in [3.63, 3.8) is 0 Å². The van der Waals surface area contributed by atoms with E-state index in [0.29, 0.717) is 11.3 Å². The number of amides is 1. The maximum Gasteiger partial charge on any atom is 0.316 e. The van der Waals surface area contributed by atoms with Crippen molar-refractivity contribution >= 4 is 11.6 Å². The van der Waals surface area contributed by atoms with Gasteiger partial charge in [0.05, 0.1) is 25.2 Å². The largest absolute Gasteiger partial charge is 0.467 e. The highest BCUT2D eigenvalue weighted by atomic mass is 16.5. The molecule has 0 unspecified atom stereocenters. The van der Waals surface area contributed by atoms with Gasteiger partial charge in [-0.1, -0.05) is 0 Å². The third kappa shape index (κ3) is 2.75. The molecule has 2 aromatic rings. The SMILES string of the molecule is COc1ncc(NC(=O)c2ccncc2)cn1. The molecule has 0 spiro atoms. The molecule has 2 rings (SSSR count). The minimum absolute atomic E-state index is 0.235. The topological polar surface area (TPSA) is 77.0 Å². The Balaban J connectivity index is 2.08. The Morgan fingerprint density at radius 1 is 1.24 bits per heavy atom. The molecule has 0 aliphatic carbocycles. The maximum absolute atomic E-state index is 11.7. The third-order valence-electron chi connectivity index (χ3n) is 2.01. The zero-order valence-electron chi connectivity index (χ0n) is 9.12. The number of carbonyl (C=O) groups is 1. The molecular weight excluding hydrogens is 220 g/mol. The van der Waals surface area contributed by atoms with Crippen LogP contribution < -0.4 is 10.1 Å². The highest BCUT2D eigenvalue weighted by molar-refractivity contribution is 6.03. The molecule has 0 aliphatic rings. The normalized spacial score (nSPS) is 9.71. The molecule has 0 radical (unpaired) electrons. The zero-order valence-corrected chi connectivity index (χ0v) is 9.12.